The minimum Gasteiger partial charge on any atom is -0.493 e. The van der Waals surface area contributed by atoms with Crippen molar-refractivity contribution in [2.24, 2.45) is 10.2 Å². The molecule has 0 unspecified atom stereocenters. The van der Waals surface area contributed by atoms with Crippen molar-refractivity contribution < 1.29 is 9.90 Å². The summed E-state index contributed by atoms with van der Waals surface area (Å²) in [6, 6.07) is 22.6. The highest BCUT2D eigenvalue weighted by atomic mass is 79.9. The van der Waals surface area contributed by atoms with Gasteiger partial charge in [0.2, 0.25) is 5.88 Å². The standard InChI is InChI=1S/C25H17BrN4O2/c1-14-6-8-15(9-7-14)22-13-18(17-4-2-3-5-20(17)27-22)24(31)30-29-23-19-12-16(26)10-11-21(19)28-25(23)32/h2-13,28,32H,1H3. The third-order valence-corrected chi connectivity index (χ3v) is 5.74. The number of benzene rings is 3. The summed E-state index contributed by atoms with van der Waals surface area (Å²) in [5.74, 6) is -0.657. The van der Waals surface area contributed by atoms with E-state index in [1.165, 1.54) is 0 Å². The largest absolute Gasteiger partial charge is 0.493 e. The van der Waals surface area contributed by atoms with Crippen LogP contribution in [0.5, 0.6) is 5.88 Å². The van der Waals surface area contributed by atoms with Crippen LogP contribution in [0.3, 0.4) is 0 Å². The molecule has 156 valence electrons. The Morgan fingerprint density at radius 1 is 1.00 bits per heavy atom. The highest BCUT2D eigenvalue weighted by molar-refractivity contribution is 9.10. The molecular formula is C25H17BrN4O2. The maximum Gasteiger partial charge on any atom is 0.296 e. The Morgan fingerprint density at radius 2 is 1.78 bits per heavy atom. The van der Waals surface area contributed by atoms with Gasteiger partial charge >= 0.3 is 0 Å². The zero-order valence-electron chi connectivity index (χ0n) is 17.0. The van der Waals surface area contributed by atoms with Gasteiger partial charge in [0.15, 0.2) is 5.69 Å². The summed E-state index contributed by atoms with van der Waals surface area (Å²) in [4.78, 5) is 20.7. The number of H-pyrrole nitrogens is 1. The third kappa shape index (κ3) is 3.67. The number of aryl methyl sites for hydroxylation is 1. The Hall–Kier alpha value is -3.84. The molecule has 3 aromatic carbocycles. The predicted molar refractivity (Wildman–Crippen MR) is 128 cm³/mol. The van der Waals surface area contributed by atoms with Crippen LogP contribution in [0.2, 0.25) is 0 Å². The number of amides is 1. The van der Waals surface area contributed by atoms with E-state index < -0.39 is 5.91 Å². The first-order valence-electron chi connectivity index (χ1n) is 9.93. The number of aromatic amines is 1. The van der Waals surface area contributed by atoms with Crippen LogP contribution < -0.4 is 0 Å². The number of aromatic hydroxyl groups is 1. The topological polar surface area (TPSA) is 90.7 Å². The van der Waals surface area contributed by atoms with Crippen LogP contribution in [0, 0.1) is 6.92 Å². The lowest BCUT2D eigenvalue weighted by molar-refractivity contribution is 0.0996. The van der Waals surface area contributed by atoms with E-state index >= 15 is 0 Å². The Kier molecular flexibility index (Phi) is 5.03. The molecule has 0 saturated carbocycles. The SMILES string of the molecule is Cc1ccc(-c2cc(C(=O)N=Nc3c(O)[nH]c4ccc(Br)cc34)c3ccccc3n2)cc1. The minimum absolute atomic E-state index is 0.144. The molecule has 0 aliphatic carbocycles. The molecule has 0 aliphatic heterocycles. The van der Waals surface area contributed by atoms with E-state index in [4.69, 9.17) is 4.98 Å². The molecule has 6 nitrogen and oxygen atoms in total. The molecule has 0 aliphatic rings. The fourth-order valence-corrected chi connectivity index (χ4v) is 3.97. The van der Waals surface area contributed by atoms with Gasteiger partial charge in [-0.1, -0.05) is 64.0 Å². The Labute approximate surface area is 191 Å². The second-order valence-corrected chi connectivity index (χ2v) is 8.37. The average molecular weight is 485 g/mol. The number of rotatable bonds is 3. The molecule has 0 fully saturated rings. The quantitative estimate of drug-likeness (QED) is 0.268. The number of hydrogen-bond acceptors (Lipinski definition) is 4. The van der Waals surface area contributed by atoms with E-state index in [1.54, 1.807) is 6.07 Å². The van der Waals surface area contributed by atoms with Gasteiger partial charge in [-0.3, -0.25) is 4.79 Å². The van der Waals surface area contributed by atoms with Gasteiger partial charge in [-0.05, 0) is 37.3 Å². The number of pyridine rings is 1. The number of para-hydroxylation sites is 1. The van der Waals surface area contributed by atoms with Crippen molar-refractivity contribution in [2.45, 2.75) is 6.92 Å². The summed E-state index contributed by atoms with van der Waals surface area (Å²) in [7, 11) is 0. The van der Waals surface area contributed by atoms with Crippen molar-refractivity contribution in [2.75, 3.05) is 0 Å². The number of nitrogens with one attached hydrogen (secondary N) is 1. The van der Waals surface area contributed by atoms with Crippen molar-refractivity contribution in [1.29, 1.82) is 0 Å². The maximum absolute atomic E-state index is 13.1. The molecular weight excluding hydrogens is 468 g/mol. The lowest BCUT2D eigenvalue weighted by atomic mass is 10.0. The zero-order chi connectivity index (χ0) is 22.2. The first-order valence-corrected chi connectivity index (χ1v) is 10.7. The molecule has 2 N–H and O–H groups in total. The van der Waals surface area contributed by atoms with E-state index in [2.05, 4.69) is 31.1 Å². The molecule has 5 aromatic rings. The lowest BCUT2D eigenvalue weighted by Gasteiger charge is -2.07. The van der Waals surface area contributed by atoms with E-state index in [-0.39, 0.29) is 11.6 Å². The van der Waals surface area contributed by atoms with E-state index in [1.807, 2.05) is 73.7 Å². The molecule has 0 bridgehead atoms. The van der Waals surface area contributed by atoms with Crippen LogP contribution in [0.1, 0.15) is 15.9 Å². The Balaban J connectivity index is 1.60. The predicted octanol–water partition coefficient (Wildman–Crippen LogP) is 7.08. The van der Waals surface area contributed by atoms with Crippen molar-refractivity contribution in [1.82, 2.24) is 9.97 Å². The molecule has 0 atom stereocenters. The first kappa shape index (κ1) is 20.1. The van der Waals surface area contributed by atoms with E-state index in [0.29, 0.717) is 33.1 Å². The summed E-state index contributed by atoms with van der Waals surface area (Å²) in [6.07, 6.45) is 0. The fraction of sp³-hybridized carbons (Fsp3) is 0.0400. The molecule has 1 amide bonds. The lowest BCUT2D eigenvalue weighted by Crippen LogP contribution is -1.99. The fourth-order valence-electron chi connectivity index (χ4n) is 3.61. The molecule has 2 aromatic heterocycles. The number of hydrogen-bond donors (Lipinski definition) is 2. The molecule has 2 heterocycles. The highest BCUT2D eigenvalue weighted by Crippen LogP contribution is 2.37. The second-order valence-electron chi connectivity index (χ2n) is 7.46. The van der Waals surface area contributed by atoms with Gasteiger partial charge in [-0.25, -0.2) is 4.98 Å². The smallest absolute Gasteiger partial charge is 0.296 e. The second kappa shape index (κ2) is 8.01. The van der Waals surface area contributed by atoms with Crippen molar-refractivity contribution in [3.63, 3.8) is 0 Å². The molecule has 5 rings (SSSR count). The molecule has 0 spiro atoms. The number of fused-ring (bicyclic) bond motifs is 2. The summed E-state index contributed by atoms with van der Waals surface area (Å²) in [5.41, 5.74) is 4.74. The average Bonchev–Trinajstić information content (AvgIpc) is 3.11. The summed E-state index contributed by atoms with van der Waals surface area (Å²) < 4.78 is 0.828. The van der Waals surface area contributed by atoms with Crippen LogP contribution in [-0.2, 0) is 0 Å². The number of carbonyl (C=O) groups is 1. The van der Waals surface area contributed by atoms with Crippen LogP contribution in [0.25, 0.3) is 33.1 Å². The van der Waals surface area contributed by atoms with Gasteiger partial charge in [0.1, 0.15) is 0 Å². The van der Waals surface area contributed by atoms with Crippen LogP contribution in [0.4, 0.5) is 5.69 Å². The van der Waals surface area contributed by atoms with Gasteiger partial charge in [0.05, 0.1) is 22.3 Å². The maximum atomic E-state index is 13.1. The van der Waals surface area contributed by atoms with Gasteiger partial charge in [-0.2, -0.15) is 0 Å². The summed E-state index contributed by atoms with van der Waals surface area (Å²) >= 11 is 3.41. The Bertz CT molecular complexity index is 1520. The molecule has 32 heavy (non-hydrogen) atoms. The summed E-state index contributed by atoms with van der Waals surface area (Å²) in [6.45, 7) is 2.02. The first-order chi connectivity index (χ1) is 15.5. The number of aromatic nitrogens is 2. The van der Waals surface area contributed by atoms with E-state index in [9.17, 15) is 9.90 Å². The van der Waals surface area contributed by atoms with Gasteiger partial charge in [0.25, 0.3) is 5.91 Å². The third-order valence-electron chi connectivity index (χ3n) is 5.25. The number of azo groups is 1. The molecule has 0 radical (unpaired) electrons. The minimum atomic E-state index is -0.513. The number of carbonyl (C=O) groups excluding carboxylic acids is 1. The van der Waals surface area contributed by atoms with Crippen molar-refractivity contribution in [3.05, 3.63) is 88.4 Å². The van der Waals surface area contributed by atoms with Crippen LogP contribution >= 0.6 is 15.9 Å². The van der Waals surface area contributed by atoms with E-state index in [0.717, 1.165) is 15.6 Å². The Morgan fingerprint density at radius 3 is 2.59 bits per heavy atom. The van der Waals surface area contributed by atoms with Crippen molar-refractivity contribution in [3.8, 4) is 17.1 Å². The van der Waals surface area contributed by atoms with Gasteiger partial charge in [0, 0.05) is 20.8 Å². The zero-order valence-corrected chi connectivity index (χ0v) is 18.6. The van der Waals surface area contributed by atoms with Gasteiger partial charge < -0.3 is 10.1 Å². The van der Waals surface area contributed by atoms with Crippen LogP contribution in [0.15, 0.2) is 87.5 Å². The van der Waals surface area contributed by atoms with Crippen LogP contribution in [-0.4, -0.2) is 21.0 Å². The summed E-state index contributed by atoms with van der Waals surface area (Å²) in [5, 5.41) is 19.6. The normalized spacial score (nSPS) is 11.6. The number of halogens is 1. The molecule has 7 heteroatoms. The monoisotopic (exact) mass is 484 g/mol. The molecule has 0 saturated heterocycles. The number of nitrogens with zero attached hydrogens (tertiary/aromatic N) is 3. The van der Waals surface area contributed by atoms with Crippen molar-refractivity contribution >= 4 is 49.3 Å². The highest BCUT2D eigenvalue weighted by Gasteiger charge is 2.16. The van der Waals surface area contributed by atoms with Gasteiger partial charge in [-0.15, -0.1) is 10.2 Å².